The van der Waals surface area contributed by atoms with Crippen molar-refractivity contribution in [1.29, 1.82) is 0 Å². The van der Waals surface area contributed by atoms with Crippen molar-refractivity contribution in [1.82, 2.24) is 4.31 Å². The second-order valence-corrected chi connectivity index (χ2v) is 8.41. The first-order chi connectivity index (χ1) is 13.7. The van der Waals surface area contributed by atoms with Gasteiger partial charge in [-0.25, -0.2) is 0 Å². The standard InChI is InChI=1S/C20H20ClN3O4S/c1-13-18(21)5-4-6-19(13)22-20(25)17-12-24(29(26,27)23-14(17)2)11-15-7-9-16(28-3)10-8-15/h4-10,12H,11H2,1-3H3,(H,22,25). The van der Waals surface area contributed by atoms with E-state index in [2.05, 4.69) is 9.71 Å². The summed E-state index contributed by atoms with van der Waals surface area (Å²) in [5, 5.41) is 3.29. The van der Waals surface area contributed by atoms with E-state index in [1.165, 1.54) is 13.1 Å². The van der Waals surface area contributed by atoms with Crippen molar-refractivity contribution in [2.75, 3.05) is 12.4 Å². The lowest BCUT2D eigenvalue weighted by Crippen LogP contribution is -2.32. The molecule has 0 radical (unpaired) electrons. The van der Waals surface area contributed by atoms with Gasteiger partial charge in [0.25, 0.3) is 5.91 Å². The molecule has 152 valence electrons. The minimum absolute atomic E-state index is 0.0378. The van der Waals surface area contributed by atoms with Gasteiger partial charge in [-0.2, -0.15) is 8.42 Å². The molecular weight excluding hydrogens is 414 g/mol. The van der Waals surface area contributed by atoms with Gasteiger partial charge in [0.05, 0.1) is 24.9 Å². The number of hydrogen-bond acceptors (Lipinski definition) is 4. The number of amides is 1. The van der Waals surface area contributed by atoms with E-state index < -0.39 is 16.1 Å². The Morgan fingerprint density at radius 2 is 1.86 bits per heavy atom. The van der Waals surface area contributed by atoms with Crippen LogP contribution in [0.15, 0.2) is 58.6 Å². The third kappa shape index (κ3) is 4.60. The van der Waals surface area contributed by atoms with E-state index in [1.807, 2.05) is 0 Å². The molecule has 29 heavy (non-hydrogen) atoms. The monoisotopic (exact) mass is 433 g/mol. The van der Waals surface area contributed by atoms with Gasteiger partial charge in [0.2, 0.25) is 0 Å². The second-order valence-electron chi connectivity index (χ2n) is 6.46. The molecule has 7 nitrogen and oxygen atoms in total. The molecule has 1 aliphatic rings. The smallest absolute Gasteiger partial charge is 0.344 e. The van der Waals surface area contributed by atoms with Crippen molar-refractivity contribution in [2.45, 2.75) is 20.4 Å². The summed E-state index contributed by atoms with van der Waals surface area (Å²) < 4.78 is 34.8. The average molecular weight is 434 g/mol. The van der Waals surface area contributed by atoms with Gasteiger partial charge in [0.1, 0.15) is 5.75 Å². The van der Waals surface area contributed by atoms with Crippen LogP contribution in [0.2, 0.25) is 5.02 Å². The number of benzene rings is 2. The van der Waals surface area contributed by atoms with Crippen LogP contribution in [0.4, 0.5) is 5.69 Å². The molecule has 1 N–H and O–H groups in total. The molecule has 0 spiro atoms. The largest absolute Gasteiger partial charge is 0.497 e. The number of rotatable bonds is 5. The first-order valence-corrected chi connectivity index (χ1v) is 10.5. The van der Waals surface area contributed by atoms with E-state index in [0.29, 0.717) is 16.5 Å². The highest BCUT2D eigenvalue weighted by Crippen LogP contribution is 2.25. The van der Waals surface area contributed by atoms with E-state index in [1.54, 1.807) is 56.5 Å². The average Bonchev–Trinajstić information content (AvgIpc) is 2.67. The zero-order valence-corrected chi connectivity index (χ0v) is 17.7. The van der Waals surface area contributed by atoms with Crippen molar-refractivity contribution < 1.29 is 17.9 Å². The Labute approximate surface area is 174 Å². The number of nitrogens with one attached hydrogen (secondary N) is 1. The second kappa shape index (κ2) is 8.26. The summed E-state index contributed by atoms with van der Waals surface area (Å²) in [7, 11) is -2.38. The van der Waals surface area contributed by atoms with Gasteiger partial charge in [-0.15, -0.1) is 4.40 Å². The molecule has 1 heterocycles. The van der Waals surface area contributed by atoms with Gasteiger partial charge in [-0.1, -0.05) is 29.8 Å². The number of anilines is 1. The third-order valence-corrected chi connectivity index (χ3v) is 6.21. The van der Waals surface area contributed by atoms with Crippen LogP contribution in [0.5, 0.6) is 5.75 Å². The normalized spacial score (nSPS) is 15.4. The highest BCUT2D eigenvalue weighted by Gasteiger charge is 2.28. The summed E-state index contributed by atoms with van der Waals surface area (Å²) in [4.78, 5) is 12.8. The molecule has 0 atom stereocenters. The Hall–Kier alpha value is -2.84. The Morgan fingerprint density at radius 1 is 1.17 bits per heavy atom. The van der Waals surface area contributed by atoms with E-state index in [-0.39, 0.29) is 17.8 Å². The Kier molecular flexibility index (Phi) is 5.95. The van der Waals surface area contributed by atoms with Gasteiger partial charge >= 0.3 is 10.2 Å². The SMILES string of the molecule is COc1ccc(CN2C=C(C(=O)Nc3cccc(Cl)c3C)C(C)=NS2(=O)=O)cc1. The molecule has 0 aliphatic carbocycles. The predicted molar refractivity (Wildman–Crippen MR) is 113 cm³/mol. The van der Waals surface area contributed by atoms with E-state index in [4.69, 9.17) is 16.3 Å². The number of ether oxygens (including phenoxy) is 1. The molecule has 0 bridgehead atoms. The van der Waals surface area contributed by atoms with Crippen molar-refractivity contribution >= 4 is 39.1 Å². The molecule has 2 aromatic rings. The number of methoxy groups -OCH3 is 1. The maximum absolute atomic E-state index is 12.8. The van der Waals surface area contributed by atoms with Crippen LogP contribution in [0.3, 0.4) is 0 Å². The molecular formula is C20H20ClN3O4S. The number of halogens is 1. The summed E-state index contributed by atoms with van der Waals surface area (Å²) >= 11 is 6.10. The molecule has 1 aliphatic heterocycles. The highest BCUT2D eigenvalue weighted by atomic mass is 35.5. The summed E-state index contributed by atoms with van der Waals surface area (Å²) in [6.07, 6.45) is 1.30. The van der Waals surface area contributed by atoms with E-state index in [9.17, 15) is 13.2 Å². The lowest BCUT2D eigenvalue weighted by molar-refractivity contribution is -0.112. The maximum atomic E-state index is 12.8. The molecule has 0 fully saturated rings. The van der Waals surface area contributed by atoms with Gasteiger partial charge in [0, 0.05) is 16.9 Å². The van der Waals surface area contributed by atoms with Gasteiger partial charge in [-0.3, -0.25) is 9.10 Å². The van der Waals surface area contributed by atoms with Crippen LogP contribution < -0.4 is 10.1 Å². The lowest BCUT2D eigenvalue weighted by Gasteiger charge is -2.24. The van der Waals surface area contributed by atoms with E-state index >= 15 is 0 Å². The quantitative estimate of drug-likeness (QED) is 0.778. The Balaban J connectivity index is 1.87. The minimum Gasteiger partial charge on any atom is -0.497 e. The van der Waals surface area contributed by atoms with Crippen molar-refractivity contribution in [3.63, 3.8) is 0 Å². The van der Waals surface area contributed by atoms with Crippen LogP contribution in [-0.4, -0.2) is 31.5 Å². The molecule has 2 aromatic carbocycles. The summed E-state index contributed by atoms with van der Waals surface area (Å²) in [6.45, 7) is 3.31. The summed E-state index contributed by atoms with van der Waals surface area (Å²) in [6, 6.07) is 12.1. The van der Waals surface area contributed by atoms with Crippen LogP contribution in [0, 0.1) is 6.92 Å². The van der Waals surface area contributed by atoms with Crippen molar-refractivity contribution in [3.05, 3.63) is 70.4 Å². The minimum atomic E-state index is -3.93. The first-order valence-electron chi connectivity index (χ1n) is 8.71. The molecule has 3 rings (SSSR count). The topological polar surface area (TPSA) is 88.1 Å². The van der Waals surface area contributed by atoms with Crippen LogP contribution in [0.25, 0.3) is 0 Å². The van der Waals surface area contributed by atoms with Gasteiger partial charge in [0.15, 0.2) is 0 Å². The molecule has 0 saturated heterocycles. The van der Waals surface area contributed by atoms with Crippen molar-refractivity contribution in [3.8, 4) is 5.75 Å². The number of hydrogen-bond donors (Lipinski definition) is 1. The fraction of sp³-hybridized carbons (Fsp3) is 0.200. The first kappa shape index (κ1) is 20.9. The van der Waals surface area contributed by atoms with Crippen LogP contribution in [0.1, 0.15) is 18.1 Å². The molecule has 0 saturated carbocycles. The lowest BCUT2D eigenvalue weighted by atomic mass is 10.1. The molecule has 0 unspecified atom stereocenters. The zero-order chi connectivity index (χ0) is 21.2. The molecule has 9 heteroatoms. The third-order valence-electron chi connectivity index (χ3n) is 4.47. The summed E-state index contributed by atoms with van der Waals surface area (Å²) in [5.74, 6) is 0.197. The number of carbonyl (C=O) groups is 1. The Morgan fingerprint density at radius 3 is 2.52 bits per heavy atom. The maximum Gasteiger partial charge on any atom is 0.344 e. The predicted octanol–water partition coefficient (Wildman–Crippen LogP) is 3.70. The fourth-order valence-corrected chi connectivity index (χ4v) is 4.05. The van der Waals surface area contributed by atoms with Crippen LogP contribution in [-0.2, 0) is 21.5 Å². The van der Waals surface area contributed by atoms with Gasteiger partial charge in [-0.05, 0) is 49.2 Å². The van der Waals surface area contributed by atoms with Crippen molar-refractivity contribution in [2.24, 2.45) is 4.40 Å². The number of carbonyl (C=O) groups excluding carboxylic acids is 1. The van der Waals surface area contributed by atoms with Gasteiger partial charge < -0.3 is 10.1 Å². The zero-order valence-electron chi connectivity index (χ0n) is 16.1. The fourth-order valence-electron chi connectivity index (χ4n) is 2.77. The number of nitrogens with zero attached hydrogens (tertiary/aromatic N) is 2. The highest BCUT2D eigenvalue weighted by molar-refractivity contribution is 7.88. The molecule has 1 amide bonds. The van der Waals surface area contributed by atoms with Crippen LogP contribution >= 0.6 is 11.6 Å². The van der Waals surface area contributed by atoms with E-state index in [0.717, 1.165) is 15.4 Å². The molecule has 0 aromatic heterocycles. The Bertz CT molecular complexity index is 1110. The summed E-state index contributed by atoms with van der Waals surface area (Å²) in [5.41, 5.74) is 2.27.